The molecule has 2 rings (SSSR count). The average molecular weight is 234 g/mol. The van der Waals surface area contributed by atoms with Gasteiger partial charge >= 0.3 is 0 Å². The molecule has 0 atom stereocenters. The van der Waals surface area contributed by atoms with Crippen LogP contribution in [0.1, 0.15) is 5.69 Å². The van der Waals surface area contributed by atoms with Gasteiger partial charge in [-0.3, -0.25) is 9.88 Å². The third kappa shape index (κ3) is 3.66. The number of nitriles is 1. The molecule has 0 amide bonds. The van der Waals surface area contributed by atoms with Crippen molar-refractivity contribution in [2.24, 2.45) is 0 Å². The van der Waals surface area contributed by atoms with Crippen molar-refractivity contribution in [3.63, 3.8) is 0 Å². The predicted molar refractivity (Wildman–Crippen MR) is 59.5 cm³/mol. The zero-order valence-corrected chi connectivity index (χ0v) is 9.50. The van der Waals surface area contributed by atoms with E-state index in [4.69, 9.17) is 14.7 Å². The number of nitrogens with zero attached hydrogens (tertiary/aromatic N) is 4. The molecular weight excluding hydrogens is 220 g/mol. The van der Waals surface area contributed by atoms with Gasteiger partial charge in [0.05, 0.1) is 25.6 Å². The lowest BCUT2D eigenvalue weighted by Gasteiger charge is -2.26. The van der Waals surface area contributed by atoms with Crippen molar-refractivity contribution in [3.05, 3.63) is 18.1 Å². The van der Waals surface area contributed by atoms with E-state index in [2.05, 4.69) is 14.9 Å². The summed E-state index contributed by atoms with van der Waals surface area (Å²) in [4.78, 5) is 10.1. The van der Waals surface area contributed by atoms with E-state index < -0.39 is 0 Å². The van der Waals surface area contributed by atoms with Crippen LogP contribution in [0.5, 0.6) is 5.88 Å². The van der Waals surface area contributed by atoms with Crippen molar-refractivity contribution in [2.75, 3.05) is 39.5 Å². The van der Waals surface area contributed by atoms with Gasteiger partial charge in [0.15, 0.2) is 5.69 Å². The van der Waals surface area contributed by atoms with E-state index in [0.717, 1.165) is 32.8 Å². The standard InChI is InChI=1S/C11H14N4O2/c12-7-10-8-13-9-11(14-10)17-6-3-15-1-4-16-5-2-15/h8-9H,1-6H2. The summed E-state index contributed by atoms with van der Waals surface area (Å²) in [6.07, 6.45) is 2.93. The van der Waals surface area contributed by atoms with Crippen molar-refractivity contribution in [2.45, 2.75) is 0 Å². The van der Waals surface area contributed by atoms with Crippen LogP contribution in [0.4, 0.5) is 0 Å². The van der Waals surface area contributed by atoms with E-state index in [1.54, 1.807) is 0 Å². The van der Waals surface area contributed by atoms with Gasteiger partial charge in [0.1, 0.15) is 12.7 Å². The Hall–Kier alpha value is -1.71. The molecule has 17 heavy (non-hydrogen) atoms. The second kappa shape index (κ2) is 6.13. The van der Waals surface area contributed by atoms with E-state index in [0.29, 0.717) is 12.5 Å². The van der Waals surface area contributed by atoms with E-state index in [1.807, 2.05) is 6.07 Å². The lowest BCUT2D eigenvalue weighted by Crippen LogP contribution is -2.38. The van der Waals surface area contributed by atoms with Gasteiger partial charge in [-0.15, -0.1) is 0 Å². The molecule has 1 aromatic heterocycles. The molecule has 90 valence electrons. The first-order valence-electron chi connectivity index (χ1n) is 5.53. The maximum atomic E-state index is 8.66. The van der Waals surface area contributed by atoms with Gasteiger partial charge in [-0.2, -0.15) is 10.2 Å². The Bertz CT molecular complexity index is 399. The first-order chi connectivity index (χ1) is 8.38. The van der Waals surface area contributed by atoms with E-state index >= 15 is 0 Å². The van der Waals surface area contributed by atoms with Crippen LogP contribution in [0, 0.1) is 11.3 Å². The monoisotopic (exact) mass is 234 g/mol. The minimum atomic E-state index is 0.272. The van der Waals surface area contributed by atoms with Gasteiger partial charge in [-0.25, -0.2) is 0 Å². The molecule has 2 heterocycles. The summed E-state index contributed by atoms with van der Waals surface area (Å²) in [5.74, 6) is 0.400. The zero-order chi connectivity index (χ0) is 11.9. The highest BCUT2D eigenvalue weighted by molar-refractivity contribution is 5.19. The number of aromatic nitrogens is 2. The average Bonchev–Trinajstić information content (AvgIpc) is 2.40. The van der Waals surface area contributed by atoms with Gasteiger partial charge in [0.2, 0.25) is 5.88 Å². The second-order valence-corrected chi connectivity index (χ2v) is 3.66. The Morgan fingerprint density at radius 2 is 2.24 bits per heavy atom. The van der Waals surface area contributed by atoms with Gasteiger partial charge < -0.3 is 9.47 Å². The Morgan fingerprint density at radius 3 is 3.00 bits per heavy atom. The van der Waals surface area contributed by atoms with Crippen LogP contribution < -0.4 is 4.74 Å². The van der Waals surface area contributed by atoms with Gasteiger partial charge in [0, 0.05) is 19.6 Å². The van der Waals surface area contributed by atoms with Crippen molar-refractivity contribution in [1.29, 1.82) is 5.26 Å². The van der Waals surface area contributed by atoms with E-state index in [-0.39, 0.29) is 5.69 Å². The predicted octanol–water partition coefficient (Wildman–Crippen LogP) is 0.0593. The van der Waals surface area contributed by atoms with Gasteiger partial charge in [-0.1, -0.05) is 0 Å². The van der Waals surface area contributed by atoms with Gasteiger partial charge in [-0.05, 0) is 0 Å². The summed E-state index contributed by atoms with van der Waals surface area (Å²) in [7, 11) is 0. The van der Waals surface area contributed by atoms with Crippen molar-refractivity contribution >= 4 is 0 Å². The molecule has 0 bridgehead atoms. The topological polar surface area (TPSA) is 71.3 Å². The fraction of sp³-hybridized carbons (Fsp3) is 0.545. The normalized spacial score (nSPS) is 16.4. The fourth-order valence-electron chi connectivity index (χ4n) is 1.58. The molecule has 0 saturated carbocycles. The SMILES string of the molecule is N#Cc1cncc(OCCN2CCOCC2)n1. The van der Waals surface area contributed by atoms with Crippen LogP contribution in [0.15, 0.2) is 12.4 Å². The highest BCUT2D eigenvalue weighted by Crippen LogP contribution is 2.04. The lowest BCUT2D eigenvalue weighted by molar-refractivity contribution is 0.0320. The molecular formula is C11H14N4O2. The summed E-state index contributed by atoms with van der Waals surface area (Å²) in [6, 6.07) is 1.93. The Balaban J connectivity index is 1.75. The molecule has 6 heteroatoms. The smallest absolute Gasteiger partial charge is 0.233 e. The van der Waals surface area contributed by atoms with E-state index in [9.17, 15) is 0 Å². The summed E-state index contributed by atoms with van der Waals surface area (Å²) >= 11 is 0. The maximum Gasteiger partial charge on any atom is 0.233 e. The molecule has 1 aromatic rings. The molecule has 1 aliphatic heterocycles. The molecule has 0 spiro atoms. The van der Waals surface area contributed by atoms with Crippen molar-refractivity contribution in [3.8, 4) is 11.9 Å². The Labute approximate surface area is 99.8 Å². The number of ether oxygens (including phenoxy) is 2. The summed E-state index contributed by atoms with van der Waals surface area (Å²) in [6.45, 7) is 4.82. The maximum absolute atomic E-state index is 8.66. The Kier molecular flexibility index (Phi) is 4.24. The van der Waals surface area contributed by atoms with Crippen LogP contribution in [0.2, 0.25) is 0 Å². The molecule has 1 aliphatic rings. The minimum Gasteiger partial charge on any atom is -0.475 e. The highest BCUT2D eigenvalue weighted by Gasteiger charge is 2.09. The molecule has 0 N–H and O–H groups in total. The first kappa shape index (κ1) is 11.8. The van der Waals surface area contributed by atoms with Crippen molar-refractivity contribution < 1.29 is 9.47 Å². The molecule has 1 saturated heterocycles. The quantitative estimate of drug-likeness (QED) is 0.733. The molecule has 0 unspecified atom stereocenters. The molecule has 0 aromatic carbocycles. The summed E-state index contributed by atoms with van der Waals surface area (Å²) < 4.78 is 10.7. The highest BCUT2D eigenvalue weighted by atomic mass is 16.5. The molecule has 6 nitrogen and oxygen atoms in total. The first-order valence-corrected chi connectivity index (χ1v) is 5.53. The minimum absolute atomic E-state index is 0.272. The molecule has 1 fully saturated rings. The van der Waals surface area contributed by atoms with Crippen LogP contribution in [-0.4, -0.2) is 54.3 Å². The zero-order valence-electron chi connectivity index (χ0n) is 9.50. The van der Waals surface area contributed by atoms with Crippen LogP contribution in [0.3, 0.4) is 0 Å². The number of morpholine rings is 1. The van der Waals surface area contributed by atoms with E-state index in [1.165, 1.54) is 12.4 Å². The molecule has 0 aliphatic carbocycles. The number of rotatable bonds is 4. The van der Waals surface area contributed by atoms with Crippen LogP contribution >= 0.6 is 0 Å². The third-order valence-electron chi connectivity index (χ3n) is 2.49. The summed E-state index contributed by atoms with van der Waals surface area (Å²) in [5, 5.41) is 8.66. The third-order valence-corrected chi connectivity index (χ3v) is 2.49. The van der Waals surface area contributed by atoms with Crippen LogP contribution in [-0.2, 0) is 4.74 Å². The summed E-state index contributed by atoms with van der Waals surface area (Å²) in [5.41, 5.74) is 0.272. The number of hydrogen-bond donors (Lipinski definition) is 0. The van der Waals surface area contributed by atoms with Crippen LogP contribution in [0.25, 0.3) is 0 Å². The van der Waals surface area contributed by atoms with Gasteiger partial charge in [0.25, 0.3) is 0 Å². The molecule has 0 radical (unpaired) electrons. The lowest BCUT2D eigenvalue weighted by atomic mass is 10.4. The number of hydrogen-bond acceptors (Lipinski definition) is 6. The van der Waals surface area contributed by atoms with Crippen molar-refractivity contribution in [1.82, 2.24) is 14.9 Å². The fourth-order valence-corrected chi connectivity index (χ4v) is 1.58. The Morgan fingerprint density at radius 1 is 1.41 bits per heavy atom. The largest absolute Gasteiger partial charge is 0.475 e. The second-order valence-electron chi connectivity index (χ2n) is 3.66.